The second-order valence-electron chi connectivity index (χ2n) is 3.19. The fourth-order valence-corrected chi connectivity index (χ4v) is 1.17. The Balaban J connectivity index is 2.82. The summed E-state index contributed by atoms with van der Waals surface area (Å²) in [6, 6.07) is 8.10. The van der Waals surface area contributed by atoms with Gasteiger partial charge < -0.3 is 5.73 Å². The molecule has 0 fully saturated rings. The Morgan fingerprint density at radius 3 is 2.60 bits per heavy atom. The first kappa shape index (κ1) is 11.4. The molecule has 2 heteroatoms. The zero-order valence-corrected chi connectivity index (χ0v) is 8.98. The number of nitrogens with two attached hydrogens (primary N) is 1. The highest BCUT2D eigenvalue weighted by molar-refractivity contribution is 5.99. The van der Waals surface area contributed by atoms with E-state index in [0.717, 1.165) is 16.8 Å². The first-order chi connectivity index (χ1) is 7.27. The molecule has 0 amide bonds. The van der Waals surface area contributed by atoms with E-state index in [9.17, 15) is 0 Å². The summed E-state index contributed by atoms with van der Waals surface area (Å²) in [4.78, 5) is 4.27. The number of rotatable bonds is 4. The first-order valence-electron chi connectivity index (χ1n) is 4.89. The lowest BCUT2D eigenvalue weighted by Crippen LogP contribution is -1.98. The summed E-state index contributed by atoms with van der Waals surface area (Å²) in [5.41, 5.74) is 8.75. The molecule has 0 radical (unpaired) electrons. The van der Waals surface area contributed by atoms with Crippen LogP contribution < -0.4 is 5.73 Å². The SMILES string of the molecule is C=C/C=C\N=C(C)c1ccc(CN)cc1. The summed E-state index contributed by atoms with van der Waals surface area (Å²) in [5.74, 6) is 0. The molecule has 0 spiro atoms. The number of benzene rings is 1. The van der Waals surface area contributed by atoms with Gasteiger partial charge in [0.05, 0.1) is 0 Å². The molecule has 0 aliphatic rings. The van der Waals surface area contributed by atoms with Crippen molar-refractivity contribution in [1.82, 2.24) is 0 Å². The predicted molar refractivity (Wildman–Crippen MR) is 65.9 cm³/mol. The molecule has 1 aromatic rings. The highest BCUT2D eigenvalue weighted by Crippen LogP contribution is 2.05. The van der Waals surface area contributed by atoms with Gasteiger partial charge in [0, 0.05) is 18.5 Å². The average Bonchev–Trinajstić information content (AvgIpc) is 2.29. The molecule has 2 N–H and O–H groups in total. The third-order valence-corrected chi connectivity index (χ3v) is 2.10. The van der Waals surface area contributed by atoms with Crippen LogP contribution in [0, 0.1) is 0 Å². The van der Waals surface area contributed by atoms with Gasteiger partial charge in [-0.05, 0) is 24.1 Å². The first-order valence-corrected chi connectivity index (χ1v) is 4.89. The zero-order chi connectivity index (χ0) is 11.1. The van der Waals surface area contributed by atoms with Crippen molar-refractivity contribution in [2.45, 2.75) is 13.5 Å². The smallest absolute Gasteiger partial charge is 0.0444 e. The van der Waals surface area contributed by atoms with Crippen LogP contribution in [0.4, 0.5) is 0 Å². The van der Waals surface area contributed by atoms with Gasteiger partial charge in [-0.3, -0.25) is 4.99 Å². The lowest BCUT2D eigenvalue weighted by molar-refractivity contribution is 1.07. The number of hydrogen-bond acceptors (Lipinski definition) is 2. The average molecular weight is 200 g/mol. The third-order valence-electron chi connectivity index (χ3n) is 2.10. The van der Waals surface area contributed by atoms with Crippen molar-refractivity contribution in [2.75, 3.05) is 0 Å². The lowest BCUT2D eigenvalue weighted by Gasteiger charge is -2.00. The van der Waals surface area contributed by atoms with E-state index in [1.807, 2.05) is 31.2 Å². The van der Waals surface area contributed by atoms with E-state index in [1.165, 1.54) is 0 Å². The summed E-state index contributed by atoms with van der Waals surface area (Å²) in [6.07, 6.45) is 5.24. The van der Waals surface area contributed by atoms with Crippen molar-refractivity contribution < 1.29 is 0 Å². The van der Waals surface area contributed by atoms with Gasteiger partial charge in [-0.15, -0.1) is 0 Å². The van der Waals surface area contributed by atoms with E-state index in [4.69, 9.17) is 5.73 Å². The molecule has 2 nitrogen and oxygen atoms in total. The van der Waals surface area contributed by atoms with Gasteiger partial charge in [0.15, 0.2) is 0 Å². The van der Waals surface area contributed by atoms with Crippen LogP contribution in [0.15, 0.2) is 54.2 Å². The van der Waals surface area contributed by atoms with E-state index in [-0.39, 0.29) is 0 Å². The van der Waals surface area contributed by atoms with Gasteiger partial charge in [0.2, 0.25) is 0 Å². The second kappa shape index (κ2) is 5.94. The van der Waals surface area contributed by atoms with Gasteiger partial charge in [-0.2, -0.15) is 0 Å². The molecule has 0 bridgehead atoms. The van der Waals surface area contributed by atoms with E-state index in [1.54, 1.807) is 18.4 Å². The Hall–Kier alpha value is -1.67. The van der Waals surface area contributed by atoms with Crippen LogP contribution in [-0.4, -0.2) is 5.71 Å². The van der Waals surface area contributed by atoms with Crippen molar-refractivity contribution in [1.29, 1.82) is 0 Å². The van der Waals surface area contributed by atoms with Gasteiger partial charge in [0.1, 0.15) is 0 Å². The Labute approximate surface area is 90.8 Å². The minimum absolute atomic E-state index is 0.576. The van der Waals surface area contributed by atoms with Crippen LogP contribution in [0.2, 0.25) is 0 Å². The number of hydrogen-bond donors (Lipinski definition) is 1. The number of allylic oxidation sites excluding steroid dienone is 2. The van der Waals surface area contributed by atoms with Gasteiger partial charge >= 0.3 is 0 Å². The van der Waals surface area contributed by atoms with E-state index in [2.05, 4.69) is 11.6 Å². The van der Waals surface area contributed by atoms with Crippen LogP contribution in [0.5, 0.6) is 0 Å². The predicted octanol–water partition coefficient (Wildman–Crippen LogP) is 2.65. The third kappa shape index (κ3) is 3.52. The minimum atomic E-state index is 0.576. The van der Waals surface area contributed by atoms with Crippen molar-refractivity contribution >= 4 is 5.71 Å². The van der Waals surface area contributed by atoms with Crippen LogP contribution in [0.1, 0.15) is 18.1 Å². The number of nitrogens with zero attached hydrogens (tertiary/aromatic N) is 1. The van der Waals surface area contributed by atoms with Gasteiger partial charge in [-0.25, -0.2) is 0 Å². The standard InChI is InChI=1S/C13H16N2/c1-3-4-9-15-11(2)13-7-5-12(10-14)6-8-13/h3-9H,1,10,14H2,2H3/b9-4-,15-11?. The largest absolute Gasteiger partial charge is 0.326 e. The van der Waals surface area contributed by atoms with Gasteiger partial charge in [0.25, 0.3) is 0 Å². The highest BCUT2D eigenvalue weighted by atomic mass is 14.7. The summed E-state index contributed by atoms with van der Waals surface area (Å²) in [5, 5.41) is 0. The monoisotopic (exact) mass is 200 g/mol. The molecule has 0 heterocycles. The van der Waals surface area contributed by atoms with Crippen LogP contribution in [0.3, 0.4) is 0 Å². The van der Waals surface area contributed by atoms with E-state index >= 15 is 0 Å². The van der Waals surface area contributed by atoms with Crippen molar-refractivity contribution in [3.63, 3.8) is 0 Å². The Morgan fingerprint density at radius 1 is 1.40 bits per heavy atom. The van der Waals surface area contributed by atoms with Crippen LogP contribution in [-0.2, 0) is 6.54 Å². The normalized spacial score (nSPS) is 12.0. The van der Waals surface area contributed by atoms with Crippen molar-refractivity contribution in [3.05, 3.63) is 60.3 Å². The molecule has 0 aliphatic heterocycles. The topological polar surface area (TPSA) is 38.4 Å². The molecular weight excluding hydrogens is 184 g/mol. The summed E-state index contributed by atoms with van der Waals surface area (Å²) < 4.78 is 0. The Kier molecular flexibility index (Phi) is 4.51. The summed E-state index contributed by atoms with van der Waals surface area (Å²) >= 11 is 0. The highest BCUT2D eigenvalue weighted by Gasteiger charge is 1.95. The fourth-order valence-electron chi connectivity index (χ4n) is 1.17. The molecule has 0 saturated heterocycles. The lowest BCUT2D eigenvalue weighted by atomic mass is 10.1. The van der Waals surface area contributed by atoms with Gasteiger partial charge in [-0.1, -0.05) is 36.9 Å². The molecule has 0 aromatic heterocycles. The van der Waals surface area contributed by atoms with E-state index < -0.39 is 0 Å². The Bertz CT molecular complexity index is 372. The maximum absolute atomic E-state index is 5.52. The molecule has 0 saturated carbocycles. The van der Waals surface area contributed by atoms with E-state index in [0.29, 0.717) is 6.54 Å². The van der Waals surface area contributed by atoms with Crippen LogP contribution in [0.25, 0.3) is 0 Å². The molecule has 0 atom stereocenters. The molecular formula is C13H16N2. The minimum Gasteiger partial charge on any atom is -0.326 e. The van der Waals surface area contributed by atoms with Crippen LogP contribution >= 0.6 is 0 Å². The molecule has 0 unspecified atom stereocenters. The maximum atomic E-state index is 5.52. The second-order valence-corrected chi connectivity index (χ2v) is 3.19. The molecule has 15 heavy (non-hydrogen) atoms. The van der Waals surface area contributed by atoms with Crippen molar-refractivity contribution in [2.24, 2.45) is 10.7 Å². The molecule has 1 rings (SSSR count). The summed E-state index contributed by atoms with van der Waals surface area (Å²) in [6.45, 7) is 6.14. The Morgan fingerprint density at radius 2 is 2.07 bits per heavy atom. The summed E-state index contributed by atoms with van der Waals surface area (Å²) in [7, 11) is 0. The maximum Gasteiger partial charge on any atom is 0.0444 e. The molecule has 0 aliphatic carbocycles. The quantitative estimate of drug-likeness (QED) is 0.589. The zero-order valence-electron chi connectivity index (χ0n) is 8.98. The number of aliphatic imine (C=N–C) groups is 1. The fraction of sp³-hybridized carbons (Fsp3) is 0.154. The molecule has 1 aromatic carbocycles. The molecule has 78 valence electrons. The van der Waals surface area contributed by atoms with Crippen molar-refractivity contribution in [3.8, 4) is 0 Å².